The van der Waals surface area contributed by atoms with Gasteiger partial charge in [-0.1, -0.05) is 36.4 Å². The quantitative estimate of drug-likeness (QED) is 0.724. The fraction of sp³-hybridized carbons (Fsp3) is 0.188. The van der Waals surface area contributed by atoms with E-state index >= 15 is 0 Å². The third-order valence-electron chi connectivity index (χ3n) is 3.12. The Bertz CT molecular complexity index is 740. The number of carbonyl (C=O) groups is 3. The molecule has 0 aliphatic carbocycles. The Kier molecular flexibility index (Phi) is 5.14. The van der Waals surface area contributed by atoms with Crippen LogP contribution in [0.1, 0.15) is 6.92 Å². The monoisotopic (exact) mass is 315 g/mol. The molecule has 2 aromatic rings. The number of anilines is 1. The minimum atomic E-state index is -0.919. The first kappa shape index (κ1) is 16.3. The molecule has 3 amide bonds. The topological polar surface area (TPSA) is 111 Å². The zero-order valence-corrected chi connectivity index (χ0v) is 12.5. The third-order valence-corrected chi connectivity index (χ3v) is 3.12. The predicted molar refractivity (Wildman–Crippen MR) is 85.7 cm³/mol. The summed E-state index contributed by atoms with van der Waals surface area (Å²) in [5.41, 5.74) is 5.54. The second-order valence-corrected chi connectivity index (χ2v) is 4.91. The van der Waals surface area contributed by atoms with Gasteiger partial charge in [0.05, 0.1) is 0 Å². The van der Waals surface area contributed by atoms with E-state index in [-0.39, 0.29) is 0 Å². The molecule has 0 saturated carbocycles. The third kappa shape index (κ3) is 4.44. The van der Waals surface area contributed by atoms with Crippen molar-refractivity contribution < 1.29 is 19.1 Å². The highest BCUT2D eigenvalue weighted by Gasteiger charge is 2.17. The maximum absolute atomic E-state index is 11.9. The summed E-state index contributed by atoms with van der Waals surface area (Å²) in [6.07, 6.45) is 0. The van der Waals surface area contributed by atoms with Crippen LogP contribution in [0.2, 0.25) is 0 Å². The second-order valence-electron chi connectivity index (χ2n) is 4.91. The molecule has 7 heteroatoms. The zero-order chi connectivity index (χ0) is 16.8. The van der Waals surface area contributed by atoms with Gasteiger partial charge in [-0.25, -0.2) is 9.59 Å². The summed E-state index contributed by atoms with van der Waals surface area (Å²) in [5.74, 6) is -1.21. The van der Waals surface area contributed by atoms with Gasteiger partial charge in [-0.05, 0) is 18.4 Å². The van der Waals surface area contributed by atoms with Crippen LogP contribution in [0.3, 0.4) is 0 Å². The molecule has 2 aromatic carbocycles. The number of urea groups is 1. The molecule has 1 atom stereocenters. The minimum Gasteiger partial charge on any atom is -0.454 e. The summed E-state index contributed by atoms with van der Waals surface area (Å²) >= 11 is 0. The van der Waals surface area contributed by atoms with E-state index in [1.165, 1.54) is 6.92 Å². The van der Waals surface area contributed by atoms with E-state index in [2.05, 4.69) is 10.6 Å². The zero-order valence-electron chi connectivity index (χ0n) is 12.5. The molecule has 0 saturated heterocycles. The van der Waals surface area contributed by atoms with Crippen molar-refractivity contribution in [2.75, 3.05) is 11.9 Å². The van der Waals surface area contributed by atoms with E-state index in [1.54, 1.807) is 6.07 Å². The molecule has 0 aliphatic rings. The number of ether oxygens (including phenoxy) is 1. The molecule has 120 valence electrons. The van der Waals surface area contributed by atoms with Gasteiger partial charge in [-0.3, -0.25) is 4.79 Å². The number of nitrogens with one attached hydrogen (secondary N) is 2. The molecule has 4 N–H and O–H groups in total. The number of hydrogen-bond donors (Lipinski definition) is 3. The molecule has 0 unspecified atom stereocenters. The van der Waals surface area contributed by atoms with Gasteiger partial charge in [0.15, 0.2) is 6.61 Å². The van der Waals surface area contributed by atoms with Crippen LogP contribution in [0.15, 0.2) is 42.5 Å². The molecular weight excluding hydrogens is 298 g/mol. The lowest BCUT2D eigenvalue weighted by molar-refractivity contribution is -0.148. The van der Waals surface area contributed by atoms with Crippen molar-refractivity contribution in [1.29, 1.82) is 0 Å². The smallest absolute Gasteiger partial charge is 0.328 e. The van der Waals surface area contributed by atoms with Gasteiger partial charge in [0.25, 0.3) is 5.91 Å². The van der Waals surface area contributed by atoms with Crippen LogP contribution in [0.4, 0.5) is 10.5 Å². The summed E-state index contributed by atoms with van der Waals surface area (Å²) < 4.78 is 4.83. The Morgan fingerprint density at radius 2 is 1.83 bits per heavy atom. The fourth-order valence-corrected chi connectivity index (χ4v) is 2.05. The Labute approximate surface area is 132 Å². The van der Waals surface area contributed by atoms with Crippen molar-refractivity contribution in [2.24, 2.45) is 5.73 Å². The number of hydrogen-bond acceptors (Lipinski definition) is 4. The maximum Gasteiger partial charge on any atom is 0.328 e. The molecule has 23 heavy (non-hydrogen) atoms. The average molecular weight is 315 g/mol. The number of carbonyl (C=O) groups excluding carboxylic acids is 3. The molecule has 0 heterocycles. The summed E-state index contributed by atoms with van der Waals surface area (Å²) in [5, 5.41) is 6.74. The molecule has 0 bridgehead atoms. The average Bonchev–Trinajstić information content (AvgIpc) is 2.52. The number of nitrogens with two attached hydrogens (primary N) is 1. The number of amides is 3. The first-order valence-electron chi connectivity index (χ1n) is 6.97. The van der Waals surface area contributed by atoms with Crippen molar-refractivity contribution in [3.63, 3.8) is 0 Å². The highest BCUT2D eigenvalue weighted by Crippen LogP contribution is 2.22. The summed E-state index contributed by atoms with van der Waals surface area (Å²) in [6.45, 7) is 0.961. The van der Waals surface area contributed by atoms with E-state index in [0.29, 0.717) is 5.69 Å². The SMILES string of the molecule is C[C@@H](NC(N)=O)C(=O)OCC(=O)Nc1cccc2ccccc12. The molecule has 2 rings (SSSR count). The van der Waals surface area contributed by atoms with Gasteiger partial charge < -0.3 is 21.1 Å². The van der Waals surface area contributed by atoms with Crippen molar-refractivity contribution in [3.8, 4) is 0 Å². The first-order chi connectivity index (χ1) is 11.0. The molecule has 0 aliphatic heterocycles. The predicted octanol–water partition coefficient (Wildman–Crippen LogP) is 1.38. The van der Waals surface area contributed by atoms with E-state index in [1.807, 2.05) is 36.4 Å². The van der Waals surface area contributed by atoms with Crippen LogP contribution >= 0.6 is 0 Å². The Hall–Kier alpha value is -3.09. The lowest BCUT2D eigenvalue weighted by Crippen LogP contribution is -2.43. The largest absolute Gasteiger partial charge is 0.454 e. The van der Waals surface area contributed by atoms with Gasteiger partial charge in [0.1, 0.15) is 6.04 Å². The van der Waals surface area contributed by atoms with Gasteiger partial charge in [0.2, 0.25) is 0 Å². The van der Waals surface area contributed by atoms with Crippen molar-refractivity contribution >= 4 is 34.4 Å². The number of benzene rings is 2. The highest BCUT2D eigenvalue weighted by molar-refractivity contribution is 6.02. The molecule has 0 aromatic heterocycles. The van der Waals surface area contributed by atoms with Gasteiger partial charge in [-0.2, -0.15) is 0 Å². The molecule has 0 radical (unpaired) electrons. The van der Waals surface area contributed by atoms with E-state index in [0.717, 1.165) is 10.8 Å². The first-order valence-corrected chi connectivity index (χ1v) is 6.97. The lowest BCUT2D eigenvalue weighted by Gasteiger charge is -2.12. The van der Waals surface area contributed by atoms with Crippen molar-refractivity contribution in [2.45, 2.75) is 13.0 Å². The summed E-state index contributed by atoms with van der Waals surface area (Å²) in [6, 6.07) is 11.4. The Balaban J connectivity index is 1.94. The van der Waals surface area contributed by atoms with E-state index in [9.17, 15) is 14.4 Å². The number of rotatable bonds is 5. The van der Waals surface area contributed by atoms with Gasteiger partial charge >= 0.3 is 12.0 Å². The normalized spacial score (nSPS) is 11.5. The fourth-order valence-electron chi connectivity index (χ4n) is 2.05. The minimum absolute atomic E-state index is 0.452. The molecule has 0 fully saturated rings. The van der Waals surface area contributed by atoms with Crippen molar-refractivity contribution in [3.05, 3.63) is 42.5 Å². The maximum atomic E-state index is 11.9. The van der Waals surface area contributed by atoms with Crippen LogP contribution in [0.5, 0.6) is 0 Å². The lowest BCUT2D eigenvalue weighted by atomic mass is 10.1. The second kappa shape index (κ2) is 7.26. The highest BCUT2D eigenvalue weighted by atomic mass is 16.5. The number of esters is 1. The molecular formula is C16H17N3O4. The van der Waals surface area contributed by atoms with E-state index in [4.69, 9.17) is 10.5 Å². The van der Waals surface area contributed by atoms with Crippen molar-refractivity contribution in [1.82, 2.24) is 5.32 Å². The molecule has 7 nitrogen and oxygen atoms in total. The van der Waals surface area contributed by atoms with Gasteiger partial charge in [-0.15, -0.1) is 0 Å². The summed E-state index contributed by atoms with van der Waals surface area (Å²) in [4.78, 5) is 34.1. The Morgan fingerprint density at radius 3 is 2.57 bits per heavy atom. The molecule has 0 spiro atoms. The van der Waals surface area contributed by atoms with Crippen LogP contribution < -0.4 is 16.4 Å². The summed E-state index contributed by atoms with van der Waals surface area (Å²) in [7, 11) is 0. The van der Waals surface area contributed by atoms with Crippen LogP contribution in [0, 0.1) is 0 Å². The van der Waals surface area contributed by atoms with Crippen LogP contribution in [-0.4, -0.2) is 30.6 Å². The van der Waals surface area contributed by atoms with Gasteiger partial charge in [0, 0.05) is 11.1 Å². The standard InChI is InChI=1S/C16H17N3O4/c1-10(18-16(17)22)15(21)23-9-14(20)19-13-8-4-6-11-5-2-3-7-12(11)13/h2-8,10H,9H2,1H3,(H,19,20)(H3,17,18,22)/t10-/m1/s1. The van der Waals surface area contributed by atoms with E-state index < -0.39 is 30.6 Å². The Morgan fingerprint density at radius 1 is 1.13 bits per heavy atom. The van der Waals surface area contributed by atoms with Crippen LogP contribution in [-0.2, 0) is 14.3 Å². The van der Waals surface area contributed by atoms with Crippen LogP contribution in [0.25, 0.3) is 10.8 Å². The number of fused-ring (bicyclic) bond motifs is 1. The number of primary amides is 1.